The van der Waals surface area contributed by atoms with Crippen molar-refractivity contribution in [3.05, 3.63) is 127 Å². The van der Waals surface area contributed by atoms with Crippen molar-refractivity contribution in [2.45, 2.75) is 0 Å². The fourth-order valence-electron chi connectivity index (χ4n) is 5.48. The van der Waals surface area contributed by atoms with Gasteiger partial charge >= 0.3 is 0 Å². The second kappa shape index (κ2) is 7.34. The number of rotatable bonds is 2. The van der Waals surface area contributed by atoms with Crippen LogP contribution in [-0.2, 0) is 0 Å². The van der Waals surface area contributed by atoms with Crippen LogP contribution in [0.2, 0.25) is 0 Å². The molecule has 0 unspecified atom stereocenters. The van der Waals surface area contributed by atoms with Crippen LogP contribution in [0.4, 0.5) is 0 Å². The summed E-state index contributed by atoms with van der Waals surface area (Å²) >= 11 is 0. The van der Waals surface area contributed by atoms with E-state index in [1.165, 1.54) is 0 Å². The molecule has 6 aromatic carbocycles. The minimum atomic E-state index is -0.218. The smallest absolute Gasteiger partial charge is 0.135 e. The van der Waals surface area contributed by atoms with E-state index in [4.69, 9.17) is 10.2 Å². The summed E-state index contributed by atoms with van der Waals surface area (Å²) in [4.78, 5) is 0. The Kier molecular flexibility index (Phi) is 3.10. The van der Waals surface area contributed by atoms with Gasteiger partial charge in [0.2, 0.25) is 0 Å². The van der Waals surface area contributed by atoms with Crippen LogP contribution in [0.25, 0.3) is 60.5 Å². The third-order valence-corrected chi connectivity index (χ3v) is 7.00. The van der Waals surface area contributed by atoms with Crippen molar-refractivity contribution in [3.63, 3.8) is 0 Å². The van der Waals surface area contributed by atoms with E-state index in [1.54, 1.807) is 6.07 Å². The van der Waals surface area contributed by atoms with E-state index in [0.717, 1.165) is 27.5 Å². The third-order valence-electron chi connectivity index (χ3n) is 7.00. The molecule has 0 aliphatic carbocycles. The van der Waals surface area contributed by atoms with Gasteiger partial charge in [-0.2, -0.15) is 0 Å². The van der Waals surface area contributed by atoms with Crippen molar-refractivity contribution in [2.75, 3.05) is 0 Å². The zero-order chi connectivity index (χ0) is 28.0. The van der Waals surface area contributed by atoms with Crippen LogP contribution in [0.15, 0.2) is 127 Å². The number of hydrogen-bond donors (Lipinski definition) is 0. The van der Waals surface area contributed by atoms with Crippen molar-refractivity contribution < 1.29 is 11.6 Å². The summed E-state index contributed by atoms with van der Waals surface area (Å²) in [6, 6.07) is 30.7. The van der Waals surface area contributed by atoms with Crippen molar-refractivity contribution >= 4 is 32.6 Å². The van der Waals surface area contributed by atoms with E-state index < -0.39 is 0 Å². The topological polar surface area (TPSA) is 14.2 Å². The Morgan fingerprint density at radius 2 is 1.31 bits per heavy atom. The molecule has 7 aromatic rings. The van der Waals surface area contributed by atoms with Crippen molar-refractivity contribution in [1.29, 1.82) is 0 Å². The fourth-order valence-corrected chi connectivity index (χ4v) is 5.48. The number of hydrogen-bond acceptors (Lipinski definition) is 1. The predicted octanol–water partition coefficient (Wildman–Crippen LogP) is 9.38. The normalized spacial score (nSPS) is 14.1. The van der Waals surface area contributed by atoms with E-state index in [2.05, 4.69) is 22.8 Å². The molecular formula is C34H21NO. The zero-order valence-electron chi connectivity index (χ0n) is 24.1. The molecule has 0 radical (unpaired) electrons. The highest BCUT2D eigenvalue weighted by atomic mass is 16.5. The SMILES string of the molecule is [2H]c1c([2H])c2c3c(c([2H])c([2H])c(-c4cccc5c6ccccc6n(-c6ccccc6)c45)c3c1[2H])Oc1ccccc1-2. The molecule has 0 saturated heterocycles. The molecule has 0 saturated carbocycles. The summed E-state index contributed by atoms with van der Waals surface area (Å²) in [7, 11) is 0. The molecule has 0 atom stereocenters. The summed E-state index contributed by atoms with van der Waals surface area (Å²) in [5, 5.41) is 2.81. The van der Waals surface area contributed by atoms with Crippen LogP contribution >= 0.6 is 0 Å². The Balaban J connectivity index is 1.61. The van der Waals surface area contributed by atoms with Crippen molar-refractivity contribution in [3.8, 4) is 39.4 Å². The van der Waals surface area contributed by atoms with Crippen molar-refractivity contribution in [1.82, 2.24) is 4.57 Å². The minimum Gasteiger partial charge on any atom is -0.456 e. The first-order chi connectivity index (χ1) is 20.0. The molecule has 2 heteroatoms. The molecule has 1 aliphatic heterocycles. The minimum absolute atomic E-state index is 0.0826. The Labute approximate surface area is 215 Å². The monoisotopic (exact) mass is 464 g/mol. The Morgan fingerprint density at radius 3 is 2.25 bits per heavy atom. The summed E-state index contributed by atoms with van der Waals surface area (Å²) in [6.45, 7) is 0. The molecule has 0 spiro atoms. The van der Waals surface area contributed by atoms with Gasteiger partial charge in [0.05, 0.1) is 17.9 Å². The average Bonchev–Trinajstić information content (AvgIpc) is 3.35. The predicted molar refractivity (Wildman–Crippen MR) is 149 cm³/mol. The molecule has 0 bridgehead atoms. The molecule has 0 amide bonds. The van der Waals surface area contributed by atoms with Crippen molar-refractivity contribution in [2.24, 2.45) is 0 Å². The number of fused-ring (bicyclic) bond motifs is 5. The highest BCUT2D eigenvalue weighted by molar-refractivity contribution is 6.17. The van der Waals surface area contributed by atoms with Gasteiger partial charge in [-0.05, 0) is 52.9 Å². The molecule has 2 nitrogen and oxygen atoms in total. The molecule has 2 heterocycles. The van der Waals surface area contributed by atoms with E-state index in [0.29, 0.717) is 38.8 Å². The van der Waals surface area contributed by atoms with Gasteiger partial charge in [0.1, 0.15) is 11.5 Å². The zero-order valence-corrected chi connectivity index (χ0v) is 19.1. The lowest BCUT2D eigenvalue weighted by atomic mass is 9.90. The maximum Gasteiger partial charge on any atom is 0.135 e. The summed E-state index contributed by atoms with van der Waals surface area (Å²) in [5.41, 5.74) is 4.98. The molecule has 0 N–H and O–H groups in total. The molecular weight excluding hydrogens is 438 g/mol. The first-order valence-corrected chi connectivity index (χ1v) is 11.9. The lowest BCUT2D eigenvalue weighted by molar-refractivity contribution is 0.487. The van der Waals surface area contributed by atoms with Gasteiger partial charge in [-0.15, -0.1) is 0 Å². The van der Waals surface area contributed by atoms with Gasteiger partial charge in [0, 0.05) is 33.0 Å². The standard InChI is InChI=1S/C34H21NO/c1-2-10-22(11-3-1)35-30-18-6-4-12-24(30)29-17-9-16-28(34(29)35)23-20-21-32-33-26(23)14-8-15-27(33)25-13-5-7-19-31(25)36-32/h1-21H/i8D,14D,15D,20D,21D. The summed E-state index contributed by atoms with van der Waals surface area (Å²) in [6.07, 6.45) is 0. The number of benzene rings is 6. The van der Waals surface area contributed by atoms with Crippen LogP contribution in [-0.4, -0.2) is 4.57 Å². The average molecular weight is 465 g/mol. The number of aromatic nitrogens is 1. The largest absolute Gasteiger partial charge is 0.456 e. The fraction of sp³-hybridized carbons (Fsp3) is 0. The van der Waals surface area contributed by atoms with Crippen LogP contribution in [0.5, 0.6) is 11.5 Å². The highest BCUT2D eigenvalue weighted by Gasteiger charge is 2.23. The highest BCUT2D eigenvalue weighted by Crippen LogP contribution is 2.49. The molecule has 0 fully saturated rings. The maximum atomic E-state index is 9.28. The van der Waals surface area contributed by atoms with Gasteiger partial charge in [0.25, 0.3) is 0 Å². The number of para-hydroxylation sites is 4. The second-order valence-corrected chi connectivity index (χ2v) is 8.94. The molecule has 1 aromatic heterocycles. The molecule has 168 valence electrons. The lowest BCUT2D eigenvalue weighted by Crippen LogP contribution is -1.98. The Hall–Kier alpha value is -4.82. The summed E-state index contributed by atoms with van der Waals surface area (Å²) in [5.74, 6) is 0.624. The quantitative estimate of drug-likeness (QED) is 0.248. The lowest BCUT2D eigenvalue weighted by Gasteiger charge is -2.22. The molecule has 36 heavy (non-hydrogen) atoms. The summed E-state index contributed by atoms with van der Waals surface area (Å²) < 4.78 is 53.4. The van der Waals surface area contributed by atoms with Crippen LogP contribution in [0.1, 0.15) is 6.85 Å². The molecule has 1 aliphatic rings. The van der Waals surface area contributed by atoms with Crippen LogP contribution < -0.4 is 4.74 Å². The first kappa shape index (κ1) is 15.2. The number of nitrogens with zero attached hydrogens (tertiary/aromatic N) is 1. The Bertz CT molecular complexity index is 2240. The Morgan fingerprint density at radius 1 is 0.528 bits per heavy atom. The van der Waals surface area contributed by atoms with E-state index in [-0.39, 0.29) is 36.0 Å². The van der Waals surface area contributed by atoms with E-state index in [9.17, 15) is 1.37 Å². The first-order valence-electron chi connectivity index (χ1n) is 14.4. The van der Waals surface area contributed by atoms with E-state index >= 15 is 0 Å². The molecule has 8 rings (SSSR count). The second-order valence-electron chi connectivity index (χ2n) is 8.94. The van der Waals surface area contributed by atoms with Gasteiger partial charge in [-0.25, -0.2) is 0 Å². The number of ether oxygens (including phenoxy) is 1. The van der Waals surface area contributed by atoms with Gasteiger partial charge < -0.3 is 9.30 Å². The van der Waals surface area contributed by atoms with Crippen LogP contribution in [0.3, 0.4) is 0 Å². The van der Waals surface area contributed by atoms with Crippen LogP contribution in [0, 0.1) is 0 Å². The third kappa shape index (κ3) is 2.61. The van der Waals surface area contributed by atoms with E-state index in [1.807, 2.05) is 72.8 Å². The van der Waals surface area contributed by atoms with Gasteiger partial charge in [0.15, 0.2) is 0 Å². The van der Waals surface area contributed by atoms with Gasteiger partial charge in [-0.1, -0.05) is 90.9 Å². The van der Waals surface area contributed by atoms with Gasteiger partial charge in [-0.3, -0.25) is 0 Å². The maximum absolute atomic E-state index is 9.28.